The van der Waals surface area contributed by atoms with Crippen molar-refractivity contribution in [2.45, 2.75) is 12.8 Å². The molecule has 1 fully saturated rings. The smallest absolute Gasteiger partial charge is 0.246 e. The van der Waals surface area contributed by atoms with Crippen LogP contribution in [-0.2, 0) is 9.59 Å². The minimum atomic E-state index is -0.152. The summed E-state index contributed by atoms with van der Waals surface area (Å²) in [6, 6.07) is 8.80. The Kier molecular flexibility index (Phi) is 7.30. The van der Waals surface area contributed by atoms with Gasteiger partial charge in [0.15, 0.2) is 11.5 Å². The van der Waals surface area contributed by atoms with Crippen LogP contribution in [0.2, 0.25) is 5.02 Å². The van der Waals surface area contributed by atoms with Gasteiger partial charge in [0.1, 0.15) is 5.82 Å². The van der Waals surface area contributed by atoms with E-state index in [1.165, 1.54) is 6.20 Å². The predicted octanol–water partition coefficient (Wildman–Crippen LogP) is 3.64. The first-order valence-electron chi connectivity index (χ1n) is 9.61. The Hall–Kier alpha value is -3.06. The van der Waals surface area contributed by atoms with Gasteiger partial charge in [0.25, 0.3) is 0 Å². The maximum atomic E-state index is 12.5. The molecule has 0 bridgehead atoms. The SMILES string of the molecule is COc1ccc(C=CC(=O)N2CCC(C(=O)Nc3ccc(Cl)cn3)CC2)cc1OC. The zero-order valence-electron chi connectivity index (χ0n) is 16.9. The summed E-state index contributed by atoms with van der Waals surface area (Å²) in [6.45, 7) is 1.06. The van der Waals surface area contributed by atoms with Crippen LogP contribution in [0.3, 0.4) is 0 Å². The first-order chi connectivity index (χ1) is 14.5. The van der Waals surface area contributed by atoms with Gasteiger partial charge in [-0.25, -0.2) is 4.98 Å². The van der Waals surface area contributed by atoms with Crippen molar-refractivity contribution in [3.63, 3.8) is 0 Å². The number of carbonyl (C=O) groups is 2. The number of ether oxygens (including phenoxy) is 2. The van der Waals surface area contributed by atoms with Crippen LogP contribution in [0.5, 0.6) is 11.5 Å². The van der Waals surface area contributed by atoms with E-state index in [-0.39, 0.29) is 17.7 Å². The molecule has 1 saturated heterocycles. The normalized spacial score (nSPS) is 14.6. The lowest BCUT2D eigenvalue weighted by atomic mass is 9.96. The van der Waals surface area contributed by atoms with E-state index in [1.54, 1.807) is 49.5 Å². The molecule has 2 aromatic rings. The summed E-state index contributed by atoms with van der Waals surface area (Å²) in [4.78, 5) is 30.8. The maximum absolute atomic E-state index is 12.5. The number of aromatic nitrogens is 1. The Balaban J connectivity index is 1.51. The van der Waals surface area contributed by atoms with Crippen LogP contribution in [0.15, 0.2) is 42.6 Å². The lowest BCUT2D eigenvalue weighted by molar-refractivity contribution is -0.130. The number of rotatable bonds is 6. The number of halogens is 1. The second-order valence-corrected chi connectivity index (χ2v) is 7.33. The van der Waals surface area contributed by atoms with E-state index < -0.39 is 0 Å². The minimum Gasteiger partial charge on any atom is -0.493 e. The van der Waals surface area contributed by atoms with Crippen molar-refractivity contribution in [1.82, 2.24) is 9.88 Å². The number of benzene rings is 1. The fraction of sp³-hybridized carbons (Fsp3) is 0.318. The summed E-state index contributed by atoms with van der Waals surface area (Å²) in [5.41, 5.74) is 0.839. The second-order valence-electron chi connectivity index (χ2n) is 6.90. The van der Waals surface area contributed by atoms with E-state index >= 15 is 0 Å². The van der Waals surface area contributed by atoms with Crippen LogP contribution in [0.1, 0.15) is 18.4 Å². The number of amides is 2. The van der Waals surface area contributed by atoms with Crippen LogP contribution in [0.25, 0.3) is 6.08 Å². The van der Waals surface area contributed by atoms with E-state index in [4.69, 9.17) is 21.1 Å². The number of pyridine rings is 1. The van der Waals surface area contributed by atoms with Crippen molar-refractivity contribution >= 4 is 35.3 Å². The molecule has 1 aromatic heterocycles. The summed E-state index contributed by atoms with van der Waals surface area (Å²) >= 11 is 5.81. The number of hydrogen-bond acceptors (Lipinski definition) is 5. The van der Waals surface area contributed by atoms with Gasteiger partial charge in [0.2, 0.25) is 11.8 Å². The van der Waals surface area contributed by atoms with Gasteiger partial charge in [-0.05, 0) is 48.7 Å². The van der Waals surface area contributed by atoms with Crippen molar-refractivity contribution in [2.24, 2.45) is 5.92 Å². The summed E-state index contributed by atoms with van der Waals surface area (Å²) in [6.07, 6.45) is 5.99. The van der Waals surface area contributed by atoms with Crippen molar-refractivity contribution in [3.8, 4) is 11.5 Å². The van der Waals surface area contributed by atoms with Gasteiger partial charge in [0.05, 0.1) is 19.2 Å². The van der Waals surface area contributed by atoms with Gasteiger partial charge in [-0.15, -0.1) is 0 Å². The van der Waals surface area contributed by atoms with Crippen LogP contribution in [0, 0.1) is 5.92 Å². The van der Waals surface area contributed by atoms with E-state index in [2.05, 4.69) is 10.3 Å². The van der Waals surface area contributed by atoms with Gasteiger partial charge < -0.3 is 19.7 Å². The number of anilines is 1. The fourth-order valence-corrected chi connectivity index (χ4v) is 3.38. The van der Waals surface area contributed by atoms with Gasteiger partial charge >= 0.3 is 0 Å². The highest BCUT2D eigenvalue weighted by Gasteiger charge is 2.26. The average Bonchev–Trinajstić information content (AvgIpc) is 2.78. The van der Waals surface area contributed by atoms with Crippen LogP contribution in [-0.4, -0.2) is 49.0 Å². The topological polar surface area (TPSA) is 80.8 Å². The molecule has 0 unspecified atom stereocenters. The molecule has 30 heavy (non-hydrogen) atoms. The third-order valence-corrected chi connectivity index (χ3v) is 5.21. The fourth-order valence-electron chi connectivity index (χ4n) is 3.27. The molecule has 0 radical (unpaired) electrons. The molecule has 1 aromatic carbocycles. The molecule has 1 aliphatic heterocycles. The standard InChI is InChI=1S/C22H24ClN3O4/c1-29-18-6-3-15(13-19(18)30-2)4-8-21(27)26-11-9-16(10-12-26)22(28)25-20-7-5-17(23)14-24-20/h3-8,13-14,16H,9-12H2,1-2H3,(H,24,25,28). The van der Waals surface area contributed by atoms with Crippen LogP contribution < -0.4 is 14.8 Å². The number of nitrogens with one attached hydrogen (secondary N) is 1. The summed E-state index contributed by atoms with van der Waals surface area (Å²) in [5.74, 6) is 1.40. The number of likely N-dealkylation sites (tertiary alicyclic amines) is 1. The third-order valence-electron chi connectivity index (χ3n) is 4.98. The summed E-state index contributed by atoms with van der Waals surface area (Å²) in [7, 11) is 3.15. The molecular weight excluding hydrogens is 406 g/mol. The first-order valence-corrected chi connectivity index (χ1v) is 9.99. The van der Waals surface area contributed by atoms with Crippen molar-refractivity contribution in [1.29, 1.82) is 0 Å². The Morgan fingerprint density at radius 1 is 1.13 bits per heavy atom. The van der Waals surface area contributed by atoms with Crippen LogP contribution >= 0.6 is 11.6 Å². The largest absolute Gasteiger partial charge is 0.493 e. The van der Waals surface area contributed by atoms with E-state index in [1.807, 2.05) is 12.1 Å². The maximum Gasteiger partial charge on any atom is 0.246 e. The molecule has 7 nitrogen and oxygen atoms in total. The van der Waals surface area contributed by atoms with E-state index in [9.17, 15) is 9.59 Å². The molecule has 2 amide bonds. The highest BCUT2D eigenvalue weighted by Crippen LogP contribution is 2.28. The summed E-state index contributed by atoms with van der Waals surface area (Å²) in [5, 5.41) is 3.32. The Labute approximate surface area is 180 Å². The Morgan fingerprint density at radius 2 is 1.87 bits per heavy atom. The monoisotopic (exact) mass is 429 g/mol. The van der Waals surface area contributed by atoms with Crippen molar-refractivity contribution < 1.29 is 19.1 Å². The molecule has 0 aliphatic carbocycles. The first kappa shape index (κ1) is 21.6. The third kappa shape index (κ3) is 5.51. The predicted molar refractivity (Wildman–Crippen MR) is 116 cm³/mol. The highest BCUT2D eigenvalue weighted by molar-refractivity contribution is 6.30. The van der Waals surface area contributed by atoms with Gasteiger partial charge in [0, 0.05) is 31.3 Å². The number of piperidine rings is 1. The Morgan fingerprint density at radius 3 is 2.50 bits per heavy atom. The average molecular weight is 430 g/mol. The molecule has 0 spiro atoms. The quantitative estimate of drug-likeness (QED) is 0.709. The van der Waals surface area contributed by atoms with Crippen molar-refractivity contribution in [2.75, 3.05) is 32.6 Å². The molecule has 0 saturated carbocycles. The number of nitrogens with zero attached hydrogens (tertiary/aromatic N) is 2. The van der Waals surface area contributed by atoms with Crippen LogP contribution in [0.4, 0.5) is 5.82 Å². The molecule has 0 atom stereocenters. The van der Waals surface area contributed by atoms with E-state index in [0.29, 0.717) is 48.3 Å². The zero-order valence-corrected chi connectivity index (χ0v) is 17.7. The number of hydrogen-bond donors (Lipinski definition) is 1. The molecule has 8 heteroatoms. The minimum absolute atomic E-state index is 0.0805. The molecular formula is C22H24ClN3O4. The molecule has 158 valence electrons. The highest BCUT2D eigenvalue weighted by atomic mass is 35.5. The molecule has 1 N–H and O–H groups in total. The molecule has 2 heterocycles. The zero-order chi connectivity index (χ0) is 21.5. The number of carbonyl (C=O) groups excluding carboxylic acids is 2. The Bertz CT molecular complexity index is 922. The number of methoxy groups -OCH3 is 2. The van der Waals surface area contributed by atoms with E-state index in [0.717, 1.165) is 5.56 Å². The second kappa shape index (κ2) is 10.1. The lowest BCUT2D eigenvalue weighted by Gasteiger charge is -2.30. The van der Waals surface area contributed by atoms with Crippen molar-refractivity contribution in [3.05, 3.63) is 53.2 Å². The lowest BCUT2D eigenvalue weighted by Crippen LogP contribution is -2.40. The molecule has 1 aliphatic rings. The molecule has 3 rings (SSSR count). The van der Waals surface area contributed by atoms with Gasteiger partial charge in [-0.2, -0.15) is 0 Å². The van der Waals surface area contributed by atoms with Gasteiger partial charge in [-0.3, -0.25) is 9.59 Å². The summed E-state index contributed by atoms with van der Waals surface area (Å²) < 4.78 is 10.5. The van der Waals surface area contributed by atoms with Gasteiger partial charge in [-0.1, -0.05) is 17.7 Å².